The molecule has 0 unspecified atom stereocenters. The van der Waals surface area contributed by atoms with Gasteiger partial charge in [0.25, 0.3) is 5.78 Å². The van der Waals surface area contributed by atoms with Crippen LogP contribution in [0.1, 0.15) is 44.2 Å². The van der Waals surface area contributed by atoms with Crippen molar-refractivity contribution in [3.8, 4) is 23.4 Å². The molecule has 0 amide bonds. The van der Waals surface area contributed by atoms with Crippen molar-refractivity contribution in [1.82, 2.24) is 19.6 Å². The Kier molecular flexibility index (Phi) is 3.91. The normalized spacial score (nSPS) is 15.3. The Balaban J connectivity index is 1.58. The Morgan fingerprint density at radius 2 is 2.12 bits per heavy atom. The summed E-state index contributed by atoms with van der Waals surface area (Å²) in [4.78, 5) is 8.82. The van der Waals surface area contributed by atoms with E-state index in [0.29, 0.717) is 28.9 Å². The molecule has 1 fully saturated rings. The van der Waals surface area contributed by atoms with E-state index in [1.165, 1.54) is 36.6 Å². The number of aromatic nitrogens is 4. The number of fused-ring (bicyclic) bond motifs is 1. The van der Waals surface area contributed by atoms with Crippen molar-refractivity contribution in [2.45, 2.75) is 38.5 Å². The minimum atomic E-state index is 0.434. The largest absolute Gasteiger partial charge is 0.461 e. The maximum Gasteiger partial charge on any atom is 0.255 e. The molecule has 0 bridgehead atoms. The van der Waals surface area contributed by atoms with Crippen LogP contribution in [0.3, 0.4) is 0 Å². The molecule has 0 saturated heterocycles. The van der Waals surface area contributed by atoms with Crippen molar-refractivity contribution in [3.05, 3.63) is 30.2 Å². The van der Waals surface area contributed by atoms with Crippen molar-refractivity contribution in [2.24, 2.45) is 5.92 Å². The second-order valence-corrected chi connectivity index (χ2v) is 6.20. The van der Waals surface area contributed by atoms with Crippen LogP contribution in [-0.2, 0) is 0 Å². The summed E-state index contributed by atoms with van der Waals surface area (Å²) in [5.41, 5.74) is 6.69. The predicted octanol–water partition coefficient (Wildman–Crippen LogP) is 3.29. The lowest BCUT2D eigenvalue weighted by molar-refractivity contribution is 0.365. The Bertz CT molecular complexity index is 895. The van der Waals surface area contributed by atoms with Crippen molar-refractivity contribution in [3.63, 3.8) is 0 Å². The Labute approximate surface area is 140 Å². The van der Waals surface area contributed by atoms with E-state index < -0.39 is 0 Å². The molecule has 3 aromatic heterocycles. The smallest absolute Gasteiger partial charge is 0.255 e. The first-order valence-corrected chi connectivity index (χ1v) is 8.35. The summed E-state index contributed by atoms with van der Waals surface area (Å²) in [5, 5.41) is 4.33. The zero-order chi connectivity index (χ0) is 16.4. The minimum absolute atomic E-state index is 0.434. The first-order chi connectivity index (χ1) is 11.8. The fourth-order valence-electron chi connectivity index (χ4n) is 3.14. The van der Waals surface area contributed by atoms with Gasteiger partial charge in [0.05, 0.1) is 6.26 Å². The molecule has 0 aromatic carbocycles. The third-order valence-corrected chi connectivity index (χ3v) is 4.41. The summed E-state index contributed by atoms with van der Waals surface area (Å²) < 4.78 is 6.82. The van der Waals surface area contributed by atoms with Gasteiger partial charge in [0, 0.05) is 12.5 Å². The lowest BCUT2D eigenvalue weighted by atomic mass is 9.87. The first kappa shape index (κ1) is 14.8. The van der Waals surface area contributed by atoms with E-state index in [4.69, 9.17) is 10.2 Å². The van der Waals surface area contributed by atoms with Crippen LogP contribution in [0.2, 0.25) is 0 Å². The highest BCUT2D eigenvalue weighted by Crippen LogP contribution is 2.25. The maximum absolute atomic E-state index is 6.06. The molecule has 0 atom stereocenters. The minimum Gasteiger partial charge on any atom is -0.461 e. The lowest BCUT2D eigenvalue weighted by Crippen LogP contribution is -2.05. The molecule has 2 N–H and O–H groups in total. The van der Waals surface area contributed by atoms with E-state index >= 15 is 0 Å². The van der Waals surface area contributed by atoms with Gasteiger partial charge in [-0.15, -0.1) is 5.10 Å². The van der Waals surface area contributed by atoms with Gasteiger partial charge in [-0.1, -0.05) is 25.2 Å². The van der Waals surface area contributed by atoms with Gasteiger partial charge < -0.3 is 10.2 Å². The molecule has 3 aromatic rings. The first-order valence-electron chi connectivity index (χ1n) is 8.35. The summed E-state index contributed by atoms with van der Waals surface area (Å²) in [6, 6.07) is 5.33. The van der Waals surface area contributed by atoms with Gasteiger partial charge in [0.2, 0.25) is 5.82 Å². The molecule has 1 saturated carbocycles. The standard InChI is InChI=1S/C18H19N5O/c19-16-12-14(9-4-8-13-6-2-1-3-7-13)20-18-21-17(22-23(16)18)15-10-5-11-24-15/h5,10-13H,1-3,6-8,19H2. The second kappa shape index (κ2) is 6.36. The van der Waals surface area contributed by atoms with Gasteiger partial charge in [-0.25, -0.2) is 4.98 Å². The van der Waals surface area contributed by atoms with Crippen LogP contribution in [0.15, 0.2) is 28.9 Å². The lowest BCUT2D eigenvalue weighted by Gasteiger charge is -2.18. The van der Waals surface area contributed by atoms with E-state index in [9.17, 15) is 0 Å². The highest BCUT2D eigenvalue weighted by Gasteiger charge is 2.13. The highest BCUT2D eigenvalue weighted by atomic mass is 16.3. The summed E-state index contributed by atoms with van der Waals surface area (Å²) in [6.45, 7) is 0. The van der Waals surface area contributed by atoms with Crippen LogP contribution in [0.25, 0.3) is 17.4 Å². The van der Waals surface area contributed by atoms with Gasteiger partial charge in [0.15, 0.2) is 5.76 Å². The van der Waals surface area contributed by atoms with E-state index in [1.807, 2.05) is 0 Å². The zero-order valence-electron chi connectivity index (χ0n) is 13.4. The second-order valence-electron chi connectivity index (χ2n) is 6.20. The van der Waals surface area contributed by atoms with Crippen LogP contribution in [-0.4, -0.2) is 19.6 Å². The number of anilines is 1. The molecule has 6 nitrogen and oxygen atoms in total. The highest BCUT2D eigenvalue weighted by molar-refractivity contribution is 5.53. The Hall–Kier alpha value is -2.81. The van der Waals surface area contributed by atoms with Gasteiger partial charge in [0.1, 0.15) is 11.5 Å². The number of furan rings is 1. The molecular weight excluding hydrogens is 302 g/mol. The Morgan fingerprint density at radius 1 is 1.25 bits per heavy atom. The molecule has 4 rings (SSSR count). The molecule has 1 aliphatic rings. The average Bonchev–Trinajstić information content (AvgIpc) is 3.25. The summed E-state index contributed by atoms with van der Waals surface area (Å²) in [5.74, 6) is 9.06. The predicted molar refractivity (Wildman–Crippen MR) is 91.0 cm³/mol. The third kappa shape index (κ3) is 2.98. The fraction of sp³-hybridized carbons (Fsp3) is 0.389. The molecule has 6 heteroatoms. The van der Waals surface area contributed by atoms with Crippen LogP contribution in [0, 0.1) is 17.8 Å². The van der Waals surface area contributed by atoms with E-state index in [2.05, 4.69) is 26.9 Å². The summed E-state index contributed by atoms with van der Waals surface area (Å²) in [7, 11) is 0. The quantitative estimate of drug-likeness (QED) is 0.732. The summed E-state index contributed by atoms with van der Waals surface area (Å²) in [6.07, 6.45) is 9.12. The molecule has 0 aliphatic heterocycles. The van der Waals surface area contributed by atoms with Crippen molar-refractivity contribution >= 4 is 11.6 Å². The molecule has 122 valence electrons. The van der Waals surface area contributed by atoms with Crippen molar-refractivity contribution in [1.29, 1.82) is 0 Å². The number of nitrogens with two attached hydrogens (primary N) is 1. The van der Waals surface area contributed by atoms with Crippen LogP contribution in [0.5, 0.6) is 0 Å². The Morgan fingerprint density at radius 3 is 2.92 bits per heavy atom. The molecule has 0 radical (unpaired) electrons. The fourth-order valence-corrected chi connectivity index (χ4v) is 3.14. The SMILES string of the molecule is Nc1cc(C#CCC2CCCCC2)nc2nc(-c3ccco3)nn12. The van der Waals surface area contributed by atoms with Crippen molar-refractivity contribution in [2.75, 3.05) is 5.73 Å². The summed E-state index contributed by atoms with van der Waals surface area (Å²) >= 11 is 0. The number of nitrogen functional groups attached to an aromatic ring is 1. The van der Waals surface area contributed by atoms with Crippen LogP contribution < -0.4 is 5.73 Å². The maximum atomic E-state index is 6.06. The molecule has 3 heterocycles. The monoisotopic (exact) mass is 321 g/mol. The number of nitrogens with zero attached hydrogens (tertiary/aromatic N) is 4. The number of hydrogen-bond acceptors (Lipinski definition) is 5. The topological polar surface area (TPSA) is 82.2 Å². The van der Waals surface area contributed by atoms with Crippen molar-refractivity contribution < 1.29 is 4.42 Å². The van der Waals surface area contributed by atoms with E-state index in [-0.39, 0.29) is 0 Å². The third-order valence-electron chi connectivity index (χ3n) is 4.41. The number of hydrogen-bond donors (Lipinski definition) is 1. The van der Waals surface area contributed by atoms with Crippen LogP contribution >= 0.6 is 0 Å². The van der Waals surface area contributed by atoms with Gasteiger partial charge in [-0.05, 0) is 36.8 Å². The zero-order valence-corrected chi connectivity index (χ0v) is 13.4. The van der Waals surface area contributed by atoms with E-state index in [0.717, 1.165) is 12.3 Å². The van der Waals surface area contributed by atoms with Gasteiger partial charge >= 0.3 is 0 Å². The molecule has 0 spiro atoms. The molecule has 1 aliphatic carbocycles. The van der Waals surface area contributed by atoms with Gasteiger partial charge in [-0.2, -0.15) is 9.50 Å². The average molecular weight is 321 g/mol. The van der Waals surface area contributed by atoms with Crippen LogP contribution in [0.4, 0.5) is 5.82 Å². The number of rotatable bonds is 2. The van der Waals surface area contributed by atoms with E-state index in [1.54, 1.807) is 24.5 Å². The molecular formula is C18H19N5O. The molecule has 24 heavy (non-hydrogen) atoms. The van der Waals surface area contributed by atoms with Gasteiger partial charge in [-0.3, -0.25) is 0 Å².